The van der Waals surface area contributed by atoms with E-state index in [2.05, 4.69) is 9.88 Å². The normalized spacial score (nSPS) is 21.4. The third-order valence-corrected chi connectivity index (χ3v) is 7.08. The van der Waals surface area contributed by atoms with Crippen LogP contribution in [0.2, 0.25) is 0 Å². The molecule has 2 fully saturated rings. The molecule has 0 bridgehead atoms. The molecule has 1 N–H and O–H groups in total. The van der Waals surface area contributed by atoms with Crippen LogP contribution in [-0.2, 0) is 16.8 Å². The van der Waals surface area contributed by atoms with Crippen molar-refractivity contribution in [3.05, 3.63) is 33.2 Å². The standard InChI is InChI=1S/C16H26N4O3S/c1-13-11-17-15(14(2)16(13)21)12-18-7-9-20(10-8-18)24(22,23)19-5-3-4-6-19/h11H,3-10,12H2,1-2H3,(H,17,21). The van der Waals surface area contributed by atoms with Gasteiger partial charge in [0.15, 0.2) is 5.43 Å². The van der Waals surface area contributed by atoms with E-state index < -0.39 is 10.2 Å². The fourth-order valence-electron chi connectivity index (χ4n) is 3.39. The Morgan fingerprint density at radius 2 is 1.58 bits per heavy atom. The maximum atomic E-state index is 12.6. The van der Waals surface area contributed by atoms with Crippen molar-refractivity contribution in [1.29, 1.82) is 0 Å². The molecule has 7 nitrogen and oxygen atoms in total. The summed E-state index contributed by atoms with van der Waals surface area (Å²) in [6.45, 7) is 7.97. The number of aromatic nitrogens is 1. The summed E-state index contributed by atoms with van der Waals surface area (Å²) in [6.07, 6.45) is 3.66. The lowest BCUT2D eigenvalue weighted by atomic mass is 10.1. The molecule has 0 radical (unpaired) electrons. The minimum atomic E-state index is -3.30. The van der Waals surface area contributed by atoms with Crippen LogP contribution in [0.1, 0.15) is 29.7 Å². The quantitative estimate of drug-likeness (QED) is 0.852. The molecule has 8 heteroatoms. The number of H-pyrrole nitrogens is 1. The van der Waals surface area contributed by atoms with E-state index in [0.29, 0.717) is 45.8 Å². The molecular formula is C16H26N4O3S. The van der Waals surface area contributed by atoms with Gasteiger partial charge in [0.1, 0.15) is 0 Å². The largest absolute Gasteiger partial charge is 0.363 e. The topological polar surface area (TPSA) is 76.7 Å². The monoisotopic (exact) mass is 354 g/mol. The first kappa shape index (κ1) is 17.6. The summed E-state index contributed by atoms with van der Waals surface area (Å²) in [5, 5.41) is 0. The Kier molecular flexibility index (Phi) is 5.10. The van der Waals surface area contributed by atoms with Gasteiger partial charge in [-0.05, 0) is 26.7 Å². The summed E-state index contributed by atoms with van der Waals surface area (Å²) in [4.78, 5) is 17.4. The fourth-order valence-corrected chi connectivity index (χ4v) is 5.06. The van der Waals surface area contributed by atoms with Crippen molar-refractivity contribution in [1.82, 2.24) is 18.5 Å². The van der Waals surface area contributed by atoms with E-state index >= 15 is 0 Å². The number of hydrogen-bond donors (Lipinski definition) is 1. The van der Waals surface area contributed by atoms with Gasteiger partial charge in [0.25, 0.3) is 10.2 Å². The number of rotatable bonds is 4. The highest BCUT2D eigenvalue weighted by Crippen LogP contribution is 2.18. The summed E-state index contributed by atoms with van der Waals surface area (Å²) in [5.74, 6) is 0. The van der Waals surface area contributed by atoms with E-state index in [1.54, 1.807) is 21.7 Å². The zero-order valence-electron chi connectivity index (χ0n) is 14.4. The van der Waals surface area contributed by atoms with Crippen molar-refractivity contribution in [2.45, 2.75) is 33.2 Å². The zero-order valence-corrected chi connectivity index (χ0v) is 15.2. The van der Waals surface area contributed by atoms with Crippen LogP contribution in [0.25, 0.3) is 0 Å². The SMILES string of the molecule is Cc1c[nH]c(CN2CCN(S(=O)(=O)N3CCCC3)CC2)c(C)c1=O. The van der Waals surface area contributed by atoms with Gasteiger partial charge >= 0.3 is 0 Å². The highest BCUT2D eigenvalue weighted by atomic mass is 32.2. The molecule has 0 atom stereocenters. The first-order valence-electron chi connectivity index (χ1n) is 8.55. The molecule has 0 unspecified atom stereocenters. The van der Waals surface area contributed by atoms with Gasteiger partial charge in [0.05, 0.1) is 0 Å². The molecule has 3 heterocycles. The number of nitrogens with zero attached hydrogens (tertiary/aromatic N) is 3. The van der Waals surface area contributed by atoms with Crippen LogP contribution in [0.5, 0.6) is 0 Å². The molecule has 2 aliphatic heterocycles. The molecule has 0 spiro atoms. The lowest BCUT2D eigenvalue weighted by molar-refractivity contribution is 0.174. The Morgan fingerprint density at radius 1 is 1.00 bits per heavy atom. The second-order valence-corrected chi connectivity index (χ2v) is 8.62. The van der Waals surface area contributed by atoms with E-state index in [-0.39, 0.29) is 5.43 Å². The van der Waals surface area contributed by atoms with Crippen LogP contribution in [0.3, 0.4) is 0 Å². The summed E-state index contributed by atoms with van der Waals surface area (Å²) in [6, 6.07) is 0. The molecule has 0 amide bonds. The number of hydrogen-bond acceptors (Lipinski definition) is 4. The number of pyridine rings is 1. The van der Waals surface area contributed by atoms with Gasteiger partial charge in [-0.2, -0.15) is 17.0 Å². The molecule has 0 saturated carbocycles. The third-order valence-electron chi connectivity index (χ3n) is 5.04. The Bertz CT molecular complexity index is 745. The summed E-state index contributed by atoms with van der Waals surface area (Å²) in [5.41, 5.74) is 2.47. The Hall–Kier alpha value is -1.22. The van der Waals surface area contributed by atoms with Crippen molar-refractivity contribution in [3.8, 4) is 0 Å². The number of nitrogens with one attached hydrogen (secondary N) is 1. The third kappa shape index (κ3) is 3.42. The summed E-state index contributed by atoms with van der Waals surface area (Å²) >= 11 is 0. The molecule has 2 saturated heterocycles. The van der Waals surface area contributed by atoms with Crippen LogP contribution in [0.4, 0.5) is 0 Å². The molecule has 0 aliphatic carbocycles. The van der Waals surface area contributed by atoms with Crippen LogP contribution < -0.4 is 5.43 Å². The van der Waals surface area contributed by atoms with Gasteiger partial charge in [0.2, 0.25) is 0 Å². The van der Waals surface area contributed by atoms with Crippen LogP contribution in [0, 0.1) is 13.8 Å². The molecular weight excluding hydrogens is 328 g/mol. The van der Waals surface area contributed by atoms with Crippen molar-refractivity contribution < 1.29 is 8.42 Å². The van der Waals surface area contributed by atoms with Crippen molar-refractivity contribution in [2.75, 3.05) is 39.3 Å². The molecule has 134 valence electrons. The lowest BCUT2D eigenvalue weighted by Gasteiger charge is -2.35. The fraction of sp³-hybridized carbons (Fsp3) is 0.688. The van der Waals surface area contributed by atoms with E-state index in [1.165, 1.54) is 0 Å². The maximum absolute atomic E-state index is 12.6. The first-order valence-corrected chi connectivity index (χ1v) is 9.94. The van der Waals surface area contributed by atoms with Gasteiger partial charge in [-0.1, -0.05) is 0 Å². The molecule has 1 aromatic rings. The van der Waals surface area contributed by atoms with Crippen LogP contribution >= 0.6 is 0 Å². The van der Waals surface area contributed by atoms with Gasteiger partial charge in [-0.25, -0.2) is 0 Å². The highest BCUT2D eigenvalue weighted by Gasteiger charge is 2.33. The Labute approximate surface area is 143 Å². The Balaban J connectivity index is 1.61. The van der Waals surface area contributed by atoms with E-state index in [4.69, 9.17) is 0 Å². The predicted molar refractivity (Wildman–Crippen MR) is 93.1 cm³/mol. The maximum Gasteiger partial charge on any atom is 0.282 e. The molecule has 24 heavy (non-hydrogen) atoms. The number of piperazine rings is 1. The summed E-state index contributed by atoms with van der Waals surface area (Å²) in [7, 11) is -3.30. The second kappa shape index (κ2) is 6.95. The first-order chi connectivity index (χ1) is 11.4. The average Bonchev–Trinajstić information content (AvgIpc) is 3.11. The molecule has 0 aromatic carbocycles. The molecule has 2 aliphatic rings. The van der Waals surface area contributed by atoms with Crippen molar-refractivity contribution in [3.63, 3.8) is 0 Å². The van der Waals surface area contributed by atoms with Crippen molar-refractivity contribution >= 4 is 10.2 Å². The lowest BCUT2D eigenvalue weighted by Crippen LogP contribution is -2.52. The van der Waals surface area contributed by atoms with E-state index in [1.807, 2.05) is 6.92 Å². The molecule has 1 aromatic heterocycles. The van der Waals surface area contributed by atoms with Gasteiger partial charge < -0.3 is 4.98 Å². The highest BCUT2D eigenvalue weighted by molar-refractivity contribution is 7.86. The van der Waals surface area contributed by atoms with E-state index in [0.717, 1.165) is 29.7 Å². The van der Waals surface area contributed by atoms with Crippen LogP contribution in [0.15, 0.2) is 11.0 Å². The van der Waals surface area contributed by atoms with Crippen LogP contribution in [-0.4, -0.2) is 66.2 Å². The van der Waals surface area contributed by atoms with Gasteiger partial charge in [0, 0.05) is 68.8 Å². The van der Waals surface area contributed by atoms with Gasteiger partial charge in [-0.3, -0.25) is 9.69 Å². The molecule has 3 rings (SSSR count). The minimum Gasteiger partial charge on any atom is -0.363 e. The number of aromatic amines is 1. The average molecular weight is 354 g/mol. The Morgan fingerprint density at radius 3 is 2.21 bits per heavy atom. The second-order valence-electron chi connectivity index (χ2n) is 6.69. The van der Waals surface area contributed by atoms with Crippen molar-refractivity contribution in [2.24, 2.45) is 0 Å². The predicted octanol–water partition coefficient (Wildman–Crippen LogP) is 0.450. The number of aryl methyl sites for hydroxylation is 1. The van der Waals surface area contributed by atoms with Gasteiger partial charge in [-0.15, -0.1) is 0 Å². The smallest absolute Gasteiger partial charge is 0.282 e. The zero-order chi connectivity index (χ0) is 17.3. The minimum absolute atomic E-state index is 0.0824. The summed E-state index contributed by atoms with van der Waals surface area (Å²) < 4.78 is 28.3. The van der Waals surface area contributed by atoms with E-state index in [9.17, 15) is 13.2 Å².